The molecule has 2 aromatic rings. The van der Waals surface area contributed by atoms with Crippen LogP contribution in [0.5, 0.6) is 0 Å². The van der Waals surface area contributed by atoms with Gasteiger partial charge in [-0.3, -0.25) is 0 Å². The van der Waals surface area contributed by atoms with E-state index in [0.29, 0.717) is 0 Å². The zero-order valence-electron chi connectivity index (χ0n) is 10.3. The molecule has 2 aromatic carbocycles. The molecule has 20 heavy (non-hydrogen) atoms. The Labute approximate surface area is 132 Å². The molecule has 0 aliphatic heterocycles. The van der Waals surface area contributed by atoms with Gasteiger partial charge >= 0.3 is 5.97 Å². The average Bonchev–Trinajstić information content (AvgIpc) is 2.45. The lowest BCUT2D eigenvalue weighted by molar-refractivity contribution is -0.146. The van der Waals surface area contributed by atoms with E-state index in [2.05, 4.69) is 0 Å². The third kappa shape index (κ3) is 3.89. The van der Waals surface area contributed by atoms with Crippen molar-refractivity contribution in [2.45, 2.75) is 9.90 Å². The summed E-state index contributed by atoms with van der Waals surface area (Å²) >= 11 is 16.7. The highest BCUT2D eigenvalue weighted by atomic mass is 35.6. The first-order valence-corrected chi connectivity index (χ1v) is 6.99. The Hall–Kier alpha value is -1.22. The third-order valence-electron chi connectivity index (χ3n) is 2.66. The van der Waals surface area contributed by atoms with Crippen LogP contribution >= 0.6 is 34.8 Å². The lowest BCUT2D eigenvalue weighted by Crippen LogP contribution is -2.24. The molecule has 104 valence electrons. The topological polar surface area (TPSA) is 26.3 Å². The first-order chi connectivity index (χ1) is 9.48. The lowest BCUT2D eigenvalue weighted by Gasteiger charge is -2.21. The standard InChI is InChI=1S/C15H11Cl3O2/c16-15(17,18)14(19)20-13(11-7-3-1-4-8-11)12-9-5-2-6-10-12/h1-10,13H. The Bertz CT molecular complexity index is 525. The van der Waals surface area contributed by atoms with E-state index in [-0.39, 0.29) is 0 Å². The van der Waals surface area contributed by atoms with Gasteiger partial charge in [-0.05, 0) is 11.1 Å². The van der Waals surface area contributed by atoms with E-state index in [1.165, 1.54) is 0 Å². The van der Waals surface area contributed by atoms with Crippen molar-refractivity contribution in [3.05, 3.63) is 71.8 Å². The molecule has 0 aromatic heterocycles. The minimum atomic E-state index is -2.10. The predicted molar refractivity (Wildman–Crippen MR) is 81.1 cm³/mol. The summed E-state index contributed by atoms with van der Waals surface area (Å²) in [5, 5.41) is 0. The number of carbonyl (C=O) groups excluding carboxylic acids is 1. The molecule has 0 saturated heterocycles. The van der Waals surface area contributed by atoms with E-state index in [9.17, 15) is 4.79 Å². The number of benzene rings is 2. The van der Waals surface area contributed by atoms with Crippen LogP contribution in [0.2, 0.25) is 0 Å². The fourth-order valence-electron chi connectivity index (χ4n) is 1.76. The molecule has 0 amide bonds. The quantitative estimate of drug-likeness (QED) is 0.603. The van der Waals surface area contributed by atoms with E-state index in [1.807, 2.05) is 60.7 Å². The molecular formula is C15H11Cl3O2. The van der Waals surface area contributed by atoms with Gasteiger partial charge in [0.15, 0.2) is 6.10 Å². The third-order valence-corrected chi connectivity index (χ3v) is 3.12. The highest BCUT2D eigenvalue weighted by Gasteiger charge is 2.35. The second-order valence-corrected chi connectivity index (χ2v) is 6.39. The fraction of sp³-hybridized carbons (Fsp3) is 0.133. The van der Waals surface area contributed by atoms with E-state index in [1.54, 1.807) is 0 Å². The highest BCUT2D eigenvalue weighted by Crippen LogP contribution is 2.33. The molecule has 0 spiro atoms. The van der Waals surface area contributed by atoms with Crippen molar-refractivity contribution in [3.63, 3.8) is 0 Å². The largest absolute Gasteiger partial charge is 0.449 e. The minimum absolute atomic E-state index is 0.611. The molecule has 2 nitrogen and oxygen atoms in total. The summed E-state index contributed by atoms with van der Waals surface area (Å²) in [6.07, 6.45) is -0.611. The van der Waals surface area contributed by atoms with Crippen molar-refractivity contribution in [1.29, 1.82) is 0 Å². The van der Waals surface area contributed by atoms with Gasteiger partial charge < -0.3 is 4.74 Å². The Balaban J connectivity index is 2.34. The van der Waals surface area contributed by atoms with Crippen LogP contribution in [0.25, 0.3) is 0 Å². The summed E-state index contributed by atoms with van der Waals surface area (Å²) in [7, 11) is 0. The van der Waals surface area contributed by atoms with Crippen molar-refractivity contribution in [2.24, 2.45) is 0 Å². The SMILES string of the molecule is O=C(OC(c1ccccc1)c1ccccc1)C(Cl)(Cl)Cl. The van der Waals surface area contributed by atoms with Gasteiger partial charge in [-0.2, -0.15) is 0 Å². The highest BCUT2D eigenvalue weighted by molar-refractivity contribution is 6.75. The summed E-state index contributed by atoms with van der Waals surface area (Å²) in [6, 6.07) is 18.6. The number of rotatable bonds is 3. The molecule has 0 atom stereocenters. The van der Waals surface area contributed by atoms with Crippen LogP contribution in [0.4, 0.5) is 0 Å². The molecule has 0 unspecified atom stereocenters. The Kier molecular flexibility index (Phi) is 4.92. The first-order valence-electron chi connectivity index (χ1n) is 5.86. The number of hydrogen-bond donors (Lipinski definition) is 0. The monoisotopic (exact) mass is 328 g/mol. The molecule has 2 rings (SSSR count). The Morgan fingerprint density at radius 2 is 1.25 bits per heavy atom. The molecule has 0 aliphatic carbocycles. The van der Waals surface area contributed by atoms with Gasteiger partial charge in [0.25, 0.3) is 3.79 Å². The van der Waals surface area contributed by atoms with Crippen LogP contribution in [-0.4, -0.2) is 9.76 Å². The maximum absolute atomic E-state index is 11.8. The van der Waals surface area contributed by atoms with Gasteiger partial charge in [-0.15, -0.1) is 0 Å². The van der Waals surface area contributed by atoms with Crippen molar-refractivity contribution in [1.82, 2.24) is 0 Å². The molecule has 0 radical (unpaired) electrons. The van der Waals surface area contributed by atoms with Crippen molar-refractivity contribution in [3.8, 4) is 0 Å². The van der Waals surface area contributed by atoms with Gasteiger partial charge in [0.05, 0.1) is 0 Å². The maximum Gasteiger partial charge on any atom is 0.359 e. The number of halogens is 3. The maximum atomic E-state index is 11.8. The molecule has 0 aliphatic rings. The van der Waals surface area contributed by atoms with Crippen LogP contribution < -0.4 is 0 Å². The van der Waals surface area contributed by atoms with Crippen molar-refractivity contribution >= 4 is 40.8 Å². The minimum Gasteiger partial charge on any atom is -0.449 e. The number of alkyl halides is 3. The first kappa shape index (κ1) is 15.2. The molecule has 0 saturated carbocycles. The van der Waals surface area contributed by atoms with Crippen LogP contribution in [-0.2, 0) is 9.53 Å². The van der Waals surface area contributed by atoms with Crippen LogP contribution in [0.1, 0.15) is 17.2 Å². The van der Waals surface area contributed by atoms with Gasteiger partial charge in [-0.25, -0.2) is 4.79 Å². The van der Waals surface area contributed by atoms with E-state index in [0.717, 1.165) is 11.1 Å². The number of esters is 1. The summed E-state index contributed by atoms with van der Waals surface area (Å²) < 4.78 is 3.26. The molecule has 0 bridgehead atoms. The van der Waals surface area contributed by atoms with Crippen LogP contribution in [0.15, 0.2) is 60.7 Å². The van der Waals surface area contributed by atoms with E-state index in [4.69, 9.17) is 39.5 Å². The van der Waals surface area contributed by atoms with Crippen LogP contribution in [0.3, 0.4) is 0 Å². The summed E-state index contributed by atoms with van der Waals surface area (Å²) in [5.41, 5.74) is 1.61. The lowest BCUT2D eigenvalue weighted by atomic mass is 10.0. The van der Waals surface area contributed by atoms with Gasteiger partial charge in [0.1, 0.15) is 0 Å². The summed E-state index contributed by atoms with van der Waals surface area (Å²) in [4.78, 5) is 11.8. The number of hydrogen-bond acceptors (Lipinski definition) is 2. The van der Waals surface area contributed by atoms with Gasteiger partial charge in [0, 0.05) is 0 Å². The normalized spacial score (nSPS) is 11.4. The summed E-state index contributed by atoms with van der Waals surface area (Å²) in [5.74, 6) is -0.903. The van der Waals surface area contributed by atoms with Gasteiger partial charge in [-0.1, -0.05) is 95.5 Å². The van der Waals surface area contributed by atoms with E-state index < -0.39 is 15.9 Å². The molecule has 0 fully saturated rings. The second-order valence-electron chi connectivity index (χ2n) is 4.10. The average molecular weight is 330 g/mol. The van der Waals surface area contributed by atoms with Crippen molar-refractivity contribution in [2.75, 3.05) is 0 Å². The van der Waals surface area contributed by atoms with E-state index >= 15 is 0 Å². The Morgan fingerprint density at radius 1 is 0.850 bits per heavy atom. The molecule has 0 N–H and O–H groups in total. The zero-order chi connectivity index (χ0) is 14.6. The smallest absolute Gasteiger partial charge is 0.359 e. The Morgan fingerprint density at radius 3 is 1.60 bits per heavy atom. The van der Waals surface area contributed by atoms with Crippen LogP contribution in [0, 0.1) is 0 Å². The molecular weight excluding hydrogens is 319 g/mol. The summed E-state index contributed by atoms with van der Waals surface area (Å²) in [6.45, 7) is 0. The molecule has 5 heteroatoms. The fourth-order valence-corrected chi connectivity index (χ4v) is 1.89. The zero-order valence-corrected chi connectivity index (χ0v) is 12.6. The molecule has 0 heterocycles. The van der Waals surface area contributed by atoms with Crippen molar-refractivity contribution < 1.29 is 9.53 Å². The number of ether oxygens (including phenoxy) is 1. The van der Waals surface area contributed by atoms with Gasteiger partial charge in [0.2, 0.25) is 0 Å². The number of carbonyl (C=O) groups is 1. The second kappa shape index (κ2) is 6.49. The predicted octanol–water partition coefficient (Wildman–Crippen LogP) is 4.69.